The molecular weight excluding hydrogens is 320 g/mol. The van der Waals surface area contributed by atoms with Gasteiger partial charge in [-0.25, -0.2) is 4.79 Å². The van der Waals surface area contributed by atoms with E-state index >= 15 is 0 Å². The van der Waals surface area contributed by atoms with Crippen molar-refractivity contribution in [1.29, 1.82) is 0 Å². The smallest absolute Gasteiger partial charge is 0.337 e. The van der Waals surface area contributed by atoms with E-state index in [-0.39, 0.29) is 11.8 Å². The van der Waals surface area contributed by atoms with E-state index < -0.39 is 5.97 Å². The van der Waals surface area contributed by atoms with Gasteiger partial charge in [0, 0.05) is 29.9 Å². The average Bonchev–Trinajstić information content (AvgIpc) is 3.07. The van der Waals surface area contributed by atoms with E-state index in [2.05, 4.69) is 10.1 Å². The third kappa shape index (κ3) is 3.68. The van der Waals surface area contributed by atoms with Crippen LogP contribution in [0.1, 0.15) is 33.6 Å². The summed E-state index contributed by atoms with van der Waals surface area (Å²) >= 11 is 0. The molecule has 3 rings (SSSR count). The van der Waals surface area contributed by atoms with Gasteiger partial charge in [0.15, 0.2) is 0 Å². The first kappa shape index (κ1) is 16.7. The third-order valence-electron chi connectivity index (χ3n) is 4.06. The van der Waals surface area contributed by atoms with Gasteiger partial charge in [-0.05, 0) is 48.9 Å². The van der Waals surface area contributed by atoms with Crippen LogP contribution < -0.4 is 10.2 Å². The maximum atomic E-state index is 12.4. The standard InChI is InChI=1S/C19H18N2O4/c1-25-19(24)14-9-7-13(8-10-14)18(23)20-15-4-2-5-16(12-15)21-11-3-6-17(21)22/h2,4-5,7-10,12H,3,6,11H2,1H3,(H,20,23). The van der Waals surface area contributed by atoms with E-state index in [0.29, 0.717) is 29.8 Å². The van der Waals surface area contributed by atoms with E-state index in [1.54, 1.807) is 47.4 Å². The van der Waals surface area contributed by atoms with Gasteiger partial charge in [-0.1, -0.05) is 6.07 Å². The van der Waals surface area contributed by atoms with Crippen LogP contribution >= 0.6 is 0 Å². The highest BCUT2D eigenvalue weighted by atomic mass is 16.5. The van der Waals surface area contributed by atoms with E-state index in [1.165, 1.54) is 7.11 Å². The number of nitrogens with zero attached hydrogens (tertiary/aromatic N) is 1. The summed E-state index contributed by atoms with van der Waals surface area (Å²) in [5.74, 6) is -0.641. The zero-order valence-corrected chi connectivity index (χ0v) is 13.8. The fourth-order valence-corrected chi connectivity index (χ4v) is 2.75. The molecule has 25 heavy (non-hydrogen) atoms. The Balaban J connectivity index is 1.72. The minimum Gasteiger partial charge on any atom is -0.465 e. The number of methoxy groups -OCH3 is 1. The molecule has 1 fully saturated rings. The number of nitrogens with one attached hydrogen (secondary N) is 1. The Hall–Kier alpha value is -3.15. The number of hydrogen-bond donors (Lipinski definition) is 1. The normalized spacial score (nSPS) is 13.6. The first-order valence-corrected chi connectivity index (χ1v) is 7.98. The Kier molecular flexibility index (Phi) is 4.79. The molecule has 2 aromatic rings. The second-order valence-electron chi connectivity index (χ2n) is 5.72. The third-order valence-corrected chi connectivity index (χ3v) is 4.06. The molecule has 0 unspecified atom stereocenters. The quantitative estimate of drug-likeness (QED) is 0.870. The molecule has 0 bridgehead atoms. The fourth-order valence-electron chi connectivity index (χ4n) is 2.75. The first-order chi connectivity index (χ1) is 12.1. The molecule has 6 nitrogen and oxygen atoms in total. The van der Waals surface area contributed by atoms with Gasteiger partial charge in [0.05, 0.1) is 12.7 Å². The summed E-state index contributed by atoms with van der Waals surface area (Å²) in [4.78, 5) is 37.3. The number of anilines is 2. The minimum atomic E-state index is -0.449. The van der Waals surface area contributed by atoms with Crippen LogP contribution in [0, 0.1) is 0 Å². The molecule has 6 heteroatoms. The highest BCUT2D eigenvalue weighted by Crippen LogP contribution is 2.24. The van der Waals surface area contributed by atoms with Gasteiger partial charge in [0.1, 0.15) is 0 Å². The van der Waals surface area contributed by atoms with Crippen LogP contribution in [-0.4, -0.2) is 31.4 Å². The van der Waals surface area contributed by atoms with Gasteiger partial charge < -0.3 is 15.0 Å². The van der Waals surface area contributed by atoms with Gasteiger partial charge in [-0.3, -0.25) is 9.59 Å². The lowest BCUT2D eigenvalue weighted by atomic mass is 10.1. The summed E-state index contributed by atoms with van der Waals surface area (Å²) in [5.41, 5.74) is 2.20. The molecule has 2 amide bonds. The Labute approximate surface area is 145 Å². The number of amides is 2. The Bertz CT molecular complexity index is 814. The molecule has 0 spiro atoms. The Morgan fingerprint density at radius 3 is 2.44 bits per heavy atom. The Morgan fingerprint density at radius 2 is 1.80 bits per heavy atom. The molecule has 1 heterocycles. The van der Waals surface area contributed by atoms with Gasteiger partial charge >= 0.3 is 5.97 Å². The van der Waals surface area contributed by atoms with Crippen molar-refractivity contribution in [1.82, 2.24) is 0 Å². The second-order valence-corrected chi connectivity index (χ2v) is 5.72. The monoisotopic (exact) mass is 338 g/mol. The predicted octanol–water partition coefficient (Wildman–Crippen LogP) is 2.85. The number of carbonyl (C=O) groups is 3. The summed E-state index contributed by atoms with van der Waals surface area (Å²) in [5, 5.41) is 2.81. The molecule has 128 valence electrons. The highest BCUT2D eigenvalue weighted by Gasteiger charge is 2.21. The molecule has 0 saturated carbocycles. The van der Waals surface area contributed by atoms with Crippen LogP contribution in [0.4, 0.5) is 11.4 Å². The summed E-state index contributed by atoms with van der Waals surface area (Å²) < 4.78 is 4.63. The van der Waals surface area contributed by atoms with E-state index in [4.69, 9.17) is 0 Å². The molecule has 0 aliphatic carbocycles. The molecule has 0 aromatic heterocycles. The van der Waals surface area contributed by atoms with Crippen LogP contribution in [0.15, 0.2) is 48.5 Å². The highest BCUT2D eigenvalue weighted by molar-refractivity contribution is 6.05. The lowest BCUT2D eigenvalue weighted by Gasteiger charge is -2.16. The number of rotatable bonds is 4. The van der Waals surface area contributed by atoms with Crippen molar-refractivity contribution >= 4 is 29.2 Å². The zero-order chi connectivity index (χ0) is 17.8. The van der Waals surface area contributed by atoms with Crippen molar-refractivity contribution in [3.63, 3.8) is 0 Å². The van der Waals surface area contributed by atoms with Crippen molar-refractivity contribution < 1.29 is 19.1 Å². The van der Waals surface area contributed by atoms with Crippen LogP contribution in [0.3, 0.4) is 0 Å². The predicted molar refractivity (Wildman–Crippen MR) is 93.8 cm³/mol. The van der Waals surface area contributed by atoms with Crippen LogP contribution in [0.2, 0.25) is 0 Å². The number of hydrogen-bond acceptors (Lipinski definition) is 4. The van der Waals surface area contributed by atoms with Crippen molar-refractivity contribution in [2.45, 2.75) is 12.8 Å². The molecule has 1 saturated heterocycles. The van der Waals surface area contributed by atoms with E-state index in [9.17, 15) is 14.4 Å². The first-order valence-electron chi connectivity index (χ1n) is 7.98. The molecule has 1 aliphatic heterocycles. The summed E-state index contributed by atoms with van der Waals surface area (Å²) in [7, 11) is 1.31. The van der Waals surface area contributed by atoms with Crippen molar-refractivity contribution in [3.05, 3.63) is 59.7 Å². The van der Waals surface area contributed by atoms with Crippen molar-refractivity contribution in [2.75, 3.05) is 23.9 Å². The largest absolute Gasteiger partial charge is 0.465 e. The summed E-state index contributed by atoms with van der Waals surface area (Å²) in [6, 6.07) is 13.4. The molecular formula is C19H18N2O4. The lowest BCUT2D eigenvalue weighted by Crippen LogP contribution is -2.23. The number of carbonyl (C=O) groups excluding carboxylic acids is 3. The average molecular weight is 338 g/mol. The summed E-state index contributed by atoms with van der Waals surface area (Å²) in [6.45, 7) is 0.700. The van der Waals surface area contributed by atoms with Crippen LogP contribution in [-0.2, 0) is 9.53 Å². The molecule has 0 atom stereocenters. The van der Waals surface area contributed by atoms with Crippen LogP contribution in [0.25, 0.3) is 0 Å². The van der Waals surface area contributed by atoms with Gasteiger partial charge in [-0.2, -0.15) is 0 Å². The fraction of sp³-hybridized carbons (Fsp3) is 0.211. The maximum absolute atomic E-state index is 12.4. The number of benzene rings is 2. The maximum Gasteiger partial charge on any atom is 0.337 e. The van der Waals surface area contributed by atoms with Gasteiger partial charge in [-0.15, -0.1) is 0 Å². The molecule has 0 radical (unpaired) electrons. The molecule has 1 N–H and O–H groups in total. The Morgan fingerprint density at radius 1 is 1.08 bits per heavy atom. The summed E-state index contributed by atoms with van der Waals surface area (Å²) in [6.07, 6.45) is 1.41. The lowest BCUT2D eigenvalue weighted by molar-refractivity contribution is -0.117. The van der Waals surface area contributed by atoms with Gasteiger partial charge in [0.25, 0.3) is 5.91 Å². The number of ether oxygens (including phenoxy) is 1. The van der Waals surface area contributed by atoms with Crippen LogP contribution in [0.5, 0.6) is 0 Å². The van der Waals surface area contributed by atoms with E-state index in [1.807, 2.05) is 6.07 Å². The SMILES string of the molecule is COC(=O)c1ccc(C(=O)Nc2cccc(N3CCCC3=O)c2)cc1. The topological polar surface area (TPSA) is 75.7 Å². The van der Waals surface area contributed by atoms with E-state index in [0.717, 1.165) is 12.1 Å². The zero-order valence-electron chi connectivity index (χ0n) is 13.8. The molecule has 2 aromatic carbocycles. The van der Waals surface area contributed by atoms with Gasteiger partial charge in [0.2, 0.25) is 5.91 Å². The molecule has 1 aliphatic rings. The van der Waals surface area contributed by atoms with Crippen molar-refractivity contribution in [2.24, 2.45) is 0 Å². The van der Waals surface area contributed by atoms with Crippen molar-refractivity contribution in [3.8, 4) is 0 Å². The number of esters is 1. The minimum absolute atomic E-state index is 0.0990. The second kappa shape index (κ2) is 7.17.